The monoisotopic (exact) mass is 322 g/mol. The van der Waals surface area contributed by atoms with E-state index in [1.165, 1.54) is 37.3 Å². The molecule has 1 N–H and O–H groups in total. The summed E-state index contributed by atoms with van der Waals surface area (Å²) in [5.41, 5.74) is 2.00. The molecule has 0 saturated carbocycles. The van der Waals surface area contributed by atoms with Crippen molar-refractivity contribution < 1.29 is 9.53 Å². The predicted octanol–water partition coefficient (Wildman–Crippen LogP) is 4.21. The minimum atomic E-state index is -0.211. The first-order chi connectivity index (χ1) is 11.8. The van der Waals surface area contributed by atoms with Crippen LogP contribution >= 0.6 is 0 Å². The number of amides is 1. The zero-order chi connectivity index (χ0) is 16.6. The van der Waals surface area contributed by atoms with Gasteiger partial charge in [-0.1, -0.05) is 18.2 Å². The Morgan fingerprint density at radius 1 is 0.958 bits per heavy atom. The number of benzene rings is 2. The van der Waals surface area contributed by atoms with Crippen molar-refractivity contribution in [2.45, 2.75) is 19.3 Å². The van der Waals surface area contributed by atoms with Crippen LogP contribution in [0.4, 0.5) is 11.4 Å². The molecule has 4 nitrogen and oxygen atoms in total. The highest BCUT2D eigenvalue weighted by Crippen LogP contribution is 2.21. The highest BCUT2D eigenvalue weighted by Gasteiger charge is 2.10. The normalized spacial score (nSPS) is 14.6. The van der Waals surface area contributed by atoms with Gasteiger partial charge in [0.25, 0.3) is 5.91 Å². The van der Waals surface area contributed by atoms with Gasteiger partial charge in [0.1, 0.15) is 5.75 Å². The lowest BCUT2D eigenvalue weighted by Crippen LogP contribution is -2.29. The van der Waals surface area contributed by atoms with E-state index in [1.54, 1.807) is 0 Å². The maximum absolute atomic E-state index is 11.9. The van der Waals surface area contributed by atoms with Crippen LogP contribution in [0.5, 0.6) is 5.75 Å². The summed E-state index contributed by atoms with van der Waals surface area (Å²) in [6, 6.07) is 17.3. The van der Waals surface area contributed by atoms with Crippen LogP contribution in [0.1, 0.15) is 19.3 Å². The van der Waals surface area contributed by atoms with E-state index in [9.17, 15) is 4.79 Å². The van der Waals surface area contributed by atoms with Crippen LogP contribution in [-0.4, -0.2) is 19.0 Å². The fraction of sp³-hybridized carbons (Fsp3) is 0.250. The number of para-hydroxylation sites is 1. The van der Waals surface area contributed by atoms with Gasteiger partial charge in [-0.05, 0) is 55.7 Å². The molecule has 0 aromatic heterocycles. The molecule has 0 unspecified atom stereocenters. The van der Waals surface area contributed by atoms with Gasteiger partial charge in [0.2, 0.25) is 0 Å². The van der Waals surface area contributed by atoms with Crippen molar-refractivity contribution in [1.82, 2.24) is 0 Å². The SMILES string of the molecule is O=C(C=COc1ccccc1)Nc1ccc(N2CCCCC2)cc1. The summed E-state index contributed by atoms with van der Waals surface area (Å²) in [4.78, 5) is 14.3. The van der Waals surface area contributed by atoms with Crippen molar-refractivity contribution in [3.8, 4) is 5.75 Å². The van der Waals surface area contributed by atoms with E-state index in [1.807, 2.05) is 42.5 Å². The van der Waals surface area contributed by atoms with Crippen LogP contribution in [0.2, 0.25) is 0 Å². The number of carbonyl (C=O) groups excluding carboxylic acids is 1. The molecule has 1 saturated heterocycles. The second-order valence-corrected chi connectivity index (χ2v) is 5.82. The van der Waals surface area contributed by atoms with Gasteiger partial charge in [0.05, 0.1) is 6.26 Å². The lowest BCUT2D eigenvalue weighted by Gasteiger charge is -2.28. The number of rotatable bonds is 5. The standard InChI is InChI=1S/C20H22N2O2/c23-20(13-16-24-19-7-3-1-4-8-19)21-17-9-11-18(12-10-17)22-14-5-2-6-15-22/h1,3-4,7-13,16H,2,5-6,14-15H2,(H,21,23). The summed E-state index contributed by atoms with van der Waals surface area (Å²) in [6.45, 7) is 2.23. The first-order valence-corrected chi connectivity index (χ1v) is 8.35. The van der Waals surface area contributed by atoms with Gasteiger partial charge in [0, 0.05) is 30.5 Å². The van der Waals surface area contributed by atoms with E-state index in [2.05, 4.69) is 22.3 Å². The first-order valence-electron chi connectivity index (χ1n) is 8.35. The van der Waals surface area contributed by atoms with Gasteiger partial charge in [-0.3, -0.25) is 4.79 Å². The number of piperidine rings is 1. The van der Waals surface area contributed by atoms with Gasteiger partial charge >= 0.3 is 0 Å². The number of ether oxygens (including phenoxy) is 1. The molecule has 0 bridgehead atoms. The average molecular weight is 322 g/mol. The molecule has 124 valence electrons. The first kappa shape index (κ1) is 16.1. The molecular formula is C20H22N2O2. The van der Waals surface area contributed by atoms with E-state index in [-0.39, 0.29) is 5.91 Å². The van der Waals surface area contributed by atoms with Gasteiger partial charge in [0.15, 0.2) is 0 Å². The number of hydrogen-bond acceptors (Lipinski definition) is 3. The molecular weight excluding hydrogens is 300 g/mol. The van der Waals surface area contributed by atoms with Crippen LogP contribution in [0.15, 0.2) is 66.9 Å². The minimum Gasteiger partial charge on any atom is -0.465 e. The lowest BCUT2D eigenvalue weighted by atomic mass is 10.1. The van der Waals surface area contributed by atoms with Crippen molar-refractivity contribution in [3.05, 3.63) is 66.9 Å². The van der Waals surface area contributed by atoms with Crippen molar-refractivity contribution in [1.29, 1.82) is 0 Å². The molecule has 2 aromatic carbocycles. The lowest BCUT2D eigenvalue weighted by molar-refractivity contribution is -0.112. The smallest absolute Gasteiger partial charge is 0.251 e. The Labute approximate surface area is 142 Å². The predicted molar refractivity (Wildman–Crippen MR) is 97.3 cm³/mol. The van der Waals surface area contributed by atoms with E-state index in [4.69, 9.17) is 4.74 Å². The Hall–Kier alpha value is -2.75. The molecule has 24 heavy (non-hydrogen) atoms. The fourth-order valence-electron chi connectivity index (χ4n) is 2.77. The topological polar surface area (TPSA) is 41.6 Å². The number of nitrogens with zero attached hydrogens (tertiary/aromatic N) is 1. The van der Waals surface area contributed by atoms with Crippen molar-refractivity contribution in [3.63, 3.8) is 0 Å². The number of hydrogen-bond donors (Lipinski definition) is 1. The van der Waals surface area contributed by atoms with Gasteiger partial charge < -0.3 is 15.0 Å². The Bertz CT molecular complexity index is 675. The number of carbonyl (C=O) groups is 1. The van der Waals surface area contributed by atoms with Gasteiger partial charge in [-0.25, -0.2) is 0 Å². The second kappa shape index (κ2) is 8.20. The molecule has 1 heterocycles. The van der Waals surface area contributed by atoms with Crippen LogP contribution in [0, 0.1) is 0 Å². The Morgan fingerprint density at radius 3 is 2.38 bits per heavy atom. The zero-order valence-corrected chi connectivity index (χ0v) is 13.7. The highest BCUT2D eigenvalue weighted by atomic mass is 16.5. The largest absolute Gasteiger partial charge is 0.465 e. The third-order valence-corrected chi connectivity index (χ3v) is 4.02. The molecule has 1 aliphatic heterocycles. The summed E-state index contributed by atoms with van der Waals surface area (Å²) in [5, 5.41) is 2.83. The molecule has 0 radical (unpaired) electrons. The van der Waals surface area contributed by atoms with E-state index in [0.29, 0.717) is 5.75 Å². The average Bonchev–Trinajstić information content (AvgIpc) is 2.64. The Balaban J connectivity index is 1.50. The summed E-state index contributed by atoms with van der Waals surface area (Å²) in [6.07, 6.45) is 6.61. The molecule has 0 aliphatic carbocycles. The second-order valence-electron chi connectivity index (χ2n) is 5.82. The van der Waals surface area contributed by atoms with Crippen LogP contribution in [-0.2, 0) is 4.79 Å². The molecule has 2 aromatic rings. The number of anilines is 2. The summed E-state index contributed by atoms with van der Waals surface area (Å²) in [5.74, 6) is 0.490. The van der Waals surface area contributed by atoms with E-state index >= 15 is 0 Å². The maximum Gasteiger partial charge on any atom is 0.251 e. The van der Waals surface area contributed by atoms with Crippen molar-refractivity contribution >= 4 is 17.3 Å². The van der Waals surface area contributed by atoms with E-state index in [0.717, 1.165) is 18.8 Å². The maximum atomic E-state index is 11.9. The van der Waals surface area contributed by atoms with Gasteiger partial charge in [-0.2, -0.15) is 0 Å². The van der Waals surface area contributed by atoms with Crippen LogP contribution in [0.25, 0.3) is 0 Å². The quantitative estimate of drug-likeness (QED) is 0.662. The van der Waals surface area contributed by atoms with Crippen LogP contribution < -0.4 is 15.0 Å². The van der Waals surface area contributed by atoms with E-state index < -0.39 is 0 Å². The highest BCUT2D eigenvalue weighted by molar-refractivity contribution is 5.99. The molecule has 0 atom stereocenters. The molecule has 1 fully saturated rings. The molecule has 1 amide bonds. The van der Waals surface area contributed by atoms with Crippen molar-refractivity contribution in [2.24, 2.45) is 0 Å². The summed E-state index contributed by atoms with van der Waals surface area (Å²) >= 11 is 0. The number of nitrogens with one attached hydrogen (secondary N) is 1. The molecule has 0 spiro atoms. The third kappa shape index (κ3) is 4.62. The van der Waals surface area contributed by atoms with Crippen LogP contribution in [0.3, 0.4) is 0 Å². The van der Waals surface area contributed by atoms with Crippen molar-refractivity contribution in [2.75, 3.05) is 23.3 Å². The summed E-state index contributed by atoms with van der Waals surface area (Å²) < 4.78 is 5.36. The van der Waals surface area contributed by atoms with Gasteiger partial charge in [-0.15, -0.1) is 0 Å². The minimum absolute atomic E-state index is 0.211. The fourth-order valence-corrected chi connectivity index (χ4v) is 2.77. The zero-order valence-electron chi connectivity index (χ0n) is 13.7. The molecule has 1 aliphatic rings. The Kier molecular flexibility index (Phi) is 5.51. The Morgan fingerprint density at radius 2 is 1.67 bits per heavy atom. The third-order valence-electron chi connectivity index (χ3n) is 4.02. The summed E-state index contributed by atoms with van der Waals surface area (Å²) in [7, 11) is 0. The molecule has 3 rings (SSSR count). The molecule has 4 heteroatoms.